The van der Waals surface area contributed by atoms with Crippen molar-refractivity contribution >= 4 is 15.7 Å². The number of amidine groups is 1. The van der Waals surface area contributed by atoms with Gasteiger partial charge in [-0.1, -0.05) is 0 Å². The molecule has 0 aromatic carbocycles. The first-order valence-corrected chi connectivity index (χ1v) is 6.82. The molecule has 1 fully saturated rings. The van der Waals surface area contributed by atoms with E-state index in [0.717, 1.165) is 0 Å². The molecule has 1 unspecified atom stereocenters. The van der Waals surface area contributed by atoms with Crippen LogP contribution in [0.3, 0.4) is 0 Å². The average molecular weight is 233 g/mol. The molecule has 88 valence electrons. The van der Waals surface area contributed by atoms with Gasteiger partial charge in [0.15, 0.2) is 9.84 Å². The Morgan fingerprint density at radius 2 is 2.07 bits per heavy atom. The van der Waals surface area contributed by atoms with Crippen molar-refractivity contribution in [3.8, 4) is 0 Å². The van der Waals surface area contributed by atoms with Crippen LogP contribution in [0.2, 0.25) is 0 Å². The van der Waals surface area contributed by atoms with E-state index in [4.69, 9.17) is 5.84 Å². The van der Waals surface area contributed by atoms with E-state index in [1.165, 1.54) is 0 Å². The van der Waals surface area contributed by atoms with E-state index in [2.05, 4.69) is 10.4 Å². The van der Waals surface area contributed by atoms with Crippen molar-refractivity contribution in [2.45, 2.75) is 32.7 Å². The lowest BCUT2D eigenvalue weighted by molar-refractivity contribution is 0.567. The zero-order chi connectivity index (χ0) is 11.7. The summed E-state index contributed by atoms with van der Waals surface area (Å²) in [5, 5.41) is 0. The Bertz CT molecular complexity index is 354. The maximum absolute atomic E-state index is 11.3. The van der Waals surface area contributed by atoms with E-state index in [9.17, 15) is 8.42 Å². The molecule has 0 amide bonds. The minimum Gasteiger partial charge on any atom is -0.312 e. The Hall–Kier alpha value is -0.620. The standard InChI is InChI=1S/C9H19N3O2S/c1-9(2,3)11-8(12-10)7-4-5-15(13,14)6-7/h7H,4-6,10H2,1-3H3,(H,11,12). The van der Waals surface area contributed by atoms with Crippen LogP contribution in [-0.4, -0.2) is 31.3 Å². The number of hydrogen-bond donors (Lipinski definition) is 2. The molecule has 15 heavy (non-hydrogen) atoms. The molecule has 3 N–H and O–H groups in total. The van der Waals surface area contributed by atoms with Crippen LogP contribution in [0, 0.1) is 5.92 Å². The normalized spacial score (nSPS) is 26.7. The Labute approximate surface area is 91.0 Å². The molecule has 0 aromatic heterocycles. The van der Waals surface area contributed by atoms with Crippen molar-refractivity contribution in [1.29, 1.82) is 0 Å². The molecule has 0 bridgehead atoms. The highest BCUT2D eigenvalue weighted by Gasteiger charge is 2.31. The minimum atomic E-state index is -2.88. The molecular weight excluding hydrogens is 214 g/mol. The van der Waals surface area contributed by atoms with E-state index in [-0.39, 0.29) is 23.0 Å². The minimum absolute atomic E-state index is 0.0702. The average Bonchev–Trinajstić information content (AvgIpc) is 2.40. The van der Waals surface area contributed by atoms with Crippen LogP contribution in [-0.2, 0) is 9.84 Å². The first-order chi connectivity index (χ1) is 6.73. The van der Waals surface area contributed by atoms with Crippen LogP contribution in [0.4, 0.5) is 0 Å². The lowest BCUT2D eigenvalue weighted by atomic mass is 10.1. The molecule has 1 aliphatic rings. The van der Waals surface area contributed by atoms with Crippen molar-refractivity contribution < 1.29 is 8.42 Å². The van der Waals surface area contributed by atoms with E-state index in [0.29, 0.717) is 12.3 Å². The Kier molecular flexibility index (Phi) is 3.40. The lowest BCUT2D eigenvalue weighted by Crippen LogP contribution is -2.38. The summed E-state index contributed by atoms with van der Waals surface area (Å²) >= 11 is 0. The van der Waals surface area contributed by atoms with Crippen LogP contribution in [0.25, 0.3) is 0 Å². The smallest absolute Gasteiger partial charge is 0.151 e. The fraction of sp³-hybridized carbons (Fsp3) is 0.889. The second kappa shape index (κ2) is 4.09. The number of aliphatic imine (C=N–C) groups is 1. The van der Waals surface area contributed by atoms with Gasteiger partial charge in [0, 0.05) is 5.92 Å². The molecule has 1 saturated heterocycles. The summed E-state index contributed by atoms with van der Waals surface area (Å²) in [5.74, 6) is 6.30. The van der Waals surface area contributed by atoms with Gasteiger partial charge in [-0.05, 0) is 27.2 Å². The fourth-order valence-electron chi connectivity index (χ4n) is 1.61. The van der Waals surface area contributed by atoms with Gasteiger partial charge in [0.2, 0.25) is 0 Å². The molecule has 1 atom stereocenters. The van der Waals surface area contributed by atoms with Gasteiger partial charge in [-0.15, -0.1) is 0 Å². The second-order valence-electron chi connectivity index (χ2n) is 4.91. The first-order valence-electron chi connectivity index (χ1n) is 5.00. The largest absolute Gasteiger partial charge is 0.312 e. The van der Waals surface area contributed by atoms with Gasteiger partial charge < -0.3 is 5.43 Å². The lowest BCUT2D eigenvalue weighted by Gasteiger charge is -2.18. The predicted octanol–water partition coefficient (Wildman–Crippen LogP) is 0.0814. The Balaban J connectivity index is 2.83. The van der Waals surface area contributed by atoms with Gasteiger partial charge in [0.25, 0.3) is 0 Å². The first kappa shape index (κ1) is 12.4. The SMILES string of the molecule is CC(C)(C)N=C(NN)C1CCS(=O)(=O)C1. The summed E-state index contributed by atoms with van der Waals surface area (Å²) in [6.07, 6.45) is 0.613. The van der Waals surface area contributed by atoms with Crippen molar-refractivity contribution in [3.63, 3.8) is 0 Å². The zero-order valence-electron chi connectivity index (χ0n) is 9.45. The summed E-state index contributed by atoms with van der Waals surface area (Å²) in [6, 6.07) is 0. The van der Waals surface area contributed by atoms with Crippen LogP contribution < -0.4 is 11.3 Å². The second-order valence-corrected chi connectivity index (χ2v) is 7.14. The van der Waals surface area contributed by atoms with Gasteiger partial charge >= 0.3 is 0 Å². The van der Waals surface area contributed by atoms with Crippen molar-refractivity contribution in [3.05, 3.63) is 0 Å². The third kappa shape index (κ3) is 3.79. The maximum atomic E-state index is 11.3. The number of hydrogen-bond acceptors (Lipinski definition) is 4. The van der Waals surface area contributed by atoms with E-state index in [1.807, 2.05) is 20.8 Å². The van der Waals surface area contributed by atoms with Crippen molar-refractivity contribution in [2.75, 3.05) is 11.5 Å². The van der Waals surface area contributed by atoms with Crippen molar-refractivity contribution in [2.24, 2.45) is 16.8 Å². The number of nitrogens with zero attached hydrogens (tertiary/aromatic N) is 1. The van der Waals surface area contributed by atoms with Gasteiger partial charge in [0.1, 0.15) is 5.84 Å². The molecule has 5 nitrogen and oxygen atoms in total. The molecule has 1 rings (SSSR count). The summed E-state index contributed by atoms with van der Waals surface area (Å²) in [5.41, 5.74) is 2.28. The predicted molar refractivity (Wildman–Crippen MR) is 61.3 cm³/mol. The van der Waals surface area contributed by atoms with Gasteiger partial charge in [-0.3, -0.25) is 4.99 Å². The Morgan fingerprint density at radius 1 is 1.47 bits per heavy atom. The number of rotatable bonds is 1. The number of hydrazine groups is 1. The molecule has 0 spiro atoms. The number of nitrogens with two attached hydrogens (primary N) is 1. The molecule has 0 aromatic rings. The number of sulfone groups is 1. The summed E-state index contributed by atoms with van der Waals surface area (Å²) in [4.78, 5) is 4.39. The molecule has 0 saturated carbocycles. The van der Waals surface area contributed by atoms with E-state index >= 15 is 0 Å². The number of nitrogens with one attached hydrogen (secondary N) is 1. The van der Waals surface area contributed by atoms with Crippen LogP contribution in [0.5, 0.6) is 0 Å². The van der Waals surface area contributed by atoms with Gasteiger partial charge in [-0.25, -0.2) is 14.3 Å². The third-order valence-corrected chi connectivity index (χ3v) is 3.99. The van der Waals surface area contributed by atoms with Crippen LogP contribution in [0.1, 0.15) is 27.2 Å². The van der Waals surface area contributed by atoms with E-state index in [1.54, 1.807) is 0 Å². The van der Waals surface area contributed by atoms with Gasteiger partial charge in [0.05, 0.1) is 17.0 Å². The molecule has 6 heteroatoms. The highest BCUT2D eigenvalue weighted by molar-refractivity contribution is 7.91. The molecular formula is C9H19N3O2S. The molecule has 1 aliphatic heterocycles. The monoisotopic (exact) mass is 233 g/mol. The molecule has 1 heterocycles. The topological polar surface area (TPSA) is 84.5 Å². The van der Waals surface area contributed by atoms with Crippen molar-refractivity contribution in [1.82, 2.24) is 5.43 Å². The summed E-state index contributed by atoms with van der Waals surface area (Å²) in [6.45, 7) is 5.86. The van der Waals surface area contributed by atoms with Crippen LogP contribution >= 0.6 is 0 Å². The summed E-state index contributed by atoms with van der Waals surface area (Å²) < 4.78 is 22.6. The highest BCUT2D eigenvalue weighted by Crippen LogP contribution is 2.20. The molecule has 0 radical (unpaired) electrons. The highest BCUT2D eigenvalue weighted by atomic mass is 32.2. The van der Waals surface area contributed by atoms with Crippen LogP contribution in [0.15, 0.2) is 4.99 Å². The van der Waals surface area contributed by atoms with E-state index < -0.39 is 9.84 Å². The summed E-state index contributed by atoms with van der Waals surface area (Å²) in [7, 11) is -2.88. The maximum Gasteiger partial charge on any atom is 0.151 e. The fourth-order valence-corrected chi connectivity index (χ4v) is 3.36. The third-order valence-electron chi connectivity index (χ3n) is 2.22. The molecule has 0 aliphatic carbocycles. The zero-order valence-corrected chi connectivity index (χ0v) is 10.3. The quantitative estimate of drug-likeness (QED) is 0.291. The Morgan fingerprint density at radius 3 is 2.40 bits per heavy atom. The van der Waals surface area contributed by atoms with Gasteiger partial charge in [-0.2, -0.15) is 0 Å².